The molecule has 0 amide bonds. The third-order valence-corrected chi connectivity index (χ3v) is 1.33. The molecule has 1 N–H and O–H groups in total. The van der Waals surface area contributed by atoms with Crippen LogP contribution < -0.4 is 10.1 Å². The predicted octanol–water partition coefficient (Wildman–Crippen LogP) is 1.55. The Kier molecular flexibility index (Phi) is 4.03. The van der Waals surface area contributed by atoms with E-state index in [1.54, 1.807) is 0 Å². The van der Waals surface area contributed by atoms with E-state index in [0.29, 0.717) is 12.4 Å². The van der Waals surface area contributed by atoms with E-state index >= 15 is 0 Å². The second-order valence-electron chi connectivity index (χ2n) is 2.47. The summed E-state index contributed by atoms with van der Waals surface area (Å²) in [5, 5.41) is 2.89. The second kappa shape index (κ2) is 5.31. The minimum Gasteiger partial charge on any atom is -0.470 e. The Labute approximate surface area is 80.3 Å². The number of aromatic nitrogens is 2. The number of anilines is 1. The maximum absolute atomic E-state index is 11.8. The fourth-order valence-electron chi connectivity index (χ4n) is 0.832. The Hall–Kier alpha value is -1.46. The lowest BCUT2D eigenvalue weighted by molar-refractivity contribution is 0.0794. The van der Waals surface area contributed by atoms with Crippen LogP contribution in [0.1, 0.15) is 6.92 Å². The highest BCUT2D eigenvalue weighted by atomic mass is 19.3. The number of alkyl halides is 2. The summed E-state index contributed by atoms with van der Waals surface area (Å²) >= 11 is 0. The fraction of sp³-hybridized carbons (Fsp3) is 0.500. The molecule has 6 heteroatoms. The maximum atomic E-state index is 11.8. The first-order valence-electron chi connectivity index (χ1n) is 4.19. The highest BCUT2D eigenvalue weighted by molar-refractivity contribution is 5.32. The molecule has 1 aromatic heterocycles. The molecule has 0 aliphatic rings. The van der Waals surface area contributed by atoms with Crippen LogP contribution in [0.4, 0.5) is 14.6 Å². The van der Waals surface area contributed by atoms with Gasteiger partial charge in [0.2, 0.25) is 5.88 Å². The summed E-state index contributed by atoms with van der Waals surface area (Å²) in [6.45, 7) is 1.92. The van der Waals surface area contributed by atoms with Crippen LogP contribution in [-0.4, -0.2) is 29.5 Å². The Morgan fingerprint density at radius 1 is 1.50 bits per heavy atom. The van der Waals surface area contributed by atoms with Gasteiger partial charge in [-0.1, -0.05) is 0 Å². The molecule has 0 spiro atoms. The van der Waals surface area contributed by atoms with Crippen molar-refractivity contribution in [2.45, 2.75) is 13.3 Å². The lowest BCUT2D eigenvalue weighted by Gasteiger charge is -2.05. The van der Waals surface area contributed by atoms with Gasteiger partial charge in [0.1, 0.15) is 5.82 Å². The molecule has 0 aliphatic heterocycles. The first-order valence-corrected chi connectivity index (χ1v) is 4.19. The van der Waals surface area contributed by atoms with E-state index in [1.807, 2.05) is 6.92 Å². The van der Waals surface area contributed by atoms with Gasteiger partial charge in [0, 0.05) is 6.54 Å². The summed E-state index contributed by atoms with van der Waals surface area (Å²) in [4.78, 5) is 7.69. The average molecular weight is 203 g/mol. The van der Waals surface area contributed by atoms with E-state index in [0.717, 1.165) is 0 Å². The van der Waals surface area contributed by atoms with Crippen LogP contribution in [0, 0.1) is 0 Å². The molecular weight excluding hydrogens is 192 g/mol. The largest absolute Gasteiger partial charge is 0.470 e. The number of hydrogen-bond donors (Lipinski definition) is 1. The van der Waals surface area contributed by atoms with Gasteiger partial charge in [-0.2, -0.15) is 4.98 Å². The van der Waals surface area contributed by atoms with Crippen LogP contribution in [0.2, 0.25) is 0 Å². The van der Waals surface area contributed by atoms with E-state index < -0.39 is 13.0 Å². The minimum atomic E-state index is -2.50. The molecule has 0 saturated carbocycles. The Morgan fingerprint density at radius 3 is 2.93 bits per heavy atom. The average Bonchev–Trinajstić information content (AvgIpc) is 2.16. The molecule has 0 radical (unpaired) electrons. The Balaban J connectivity index is 2.54. The zero-order chi connectivity index (χ0) is 10.4. The highest BCUT2D eigenvalue weighted by Gasteiger charge is 2.04. The second-order valence-corrected chi connectivity index (χ2v) is 2.47. The van der Waals surface area contributed by atoms with Crippen LogP contribution in [0.5, 0.6) is 5.88 Å². The van der Waals surface area contributed by atoms with E-state index in [9.17, 15) is 8.78 Å². The maximum Gasteiger partial charge on any atom is 0.272 e. The van der Waals surface area contributed by atoms with Crippen molar-refractivity contribution < 1.29 is 13.5 Å². The van der Waals surface area contributed by atoms with Crippen molar-refractivity contribution in [2.24, 2.45) is 0 Å². The van der Waals surface area contributed by atoms with Crippen LogP contribution in [-0.2, 0) is 0 Å². The zero-order valence-electron chi connectivity index (χ0n) is 7.70. The van der Waals surface area contributed by atoms with E-state index in [1.165, 1.54) is 12.4 Å². The number of halogens is 2. The minimum absolute atomic E-state index is 0.101. The van der Waals surface area contributed by atoms with Gasteiger partial charge in [-0.15, -0.1) is 0 Å². The van der Waals surface area contributed by atoms with E-state index in [2.05, 4.69) is 15.3 Å². The number of rotatable bonds is 5. The molecule has 1 aromatic rings. The topological polar surface area (TPSA) is 47.0 Å². The lowest BCUT2D eigenvalue weighted by Crippen LogP contribution is -2.09. The normalized spacial score (nSPS) is 10.3. The fourth-order valence-corrected chi connectivity index (χ4v) is 0.832. The third-order valence-electron chi connectivity index (χ3n) is 1.33. The van der Waals surface area contributed by atoms with Crippen molar-refractivity contribution in [3.8, 4) is 5.88 Å². The van der Waals surface area contributed by atoms with Crippen molar-refractivity contribution >= 4 is 5.82 Å². The number of nitrogens with one attached hydrogen (secondary N) is 1. The molecule has 0 atom stereocenters. The molecule has 0 aromatic carbocycles. The molecular formula is C8H11F2N3O. The molecule has 0 saturated heterocycles. The summed E-state index contributed by atoms with van der Waals surface area (Å²) in [6.07, 6.45) is 0.293. The standard InChI is InChI=1S/C8H11F2N3O/c1-2-12-7-3-11-4-8(13-7)14-5-6(9)10/h3-4,6H,2,5H2,1H3,(H,12,13). The molecule has 1 rings (SSSR count). The summed E-state index contributed by atoms with van der Waals surface area (Å²) < 4.78 is 28.3. The SMILES string of the molecule is CCNc1cncc(OCC(F)F)n1. The molecule has 1 heterocycles. The van der Waals surface area contributed by atoms with Gasteiger partial charge in [-0.25, -0.2) is 8.78 Å². The van der Waals surface area contributed by atoms with Gasteiger partial charge in [0.25, 0.3) is 6.43 Å². The number of nitrogens with zero attached hydrogens (tertiary/aromatic N) is 2. The van der Waals surface area contributed by atoms with Crippen molar-refractivity contribution in [1.29, 1.82) is 0 Å². The van der Waals surface area contributed by atoms with Crippen molar-refractivity contribution in [3.63, 3.8) is 0 Å². The van der Waals surface area contributed by atoms with Gasteiger partial charge in [-0.3, -0.25) is 4.98 Å². The first kappa shape index (κ1) is 10.6. The summed E-state index contributed by atoms with van der Waals surface area (Å²) in [6, 6.07) is 0. The first-order chi connectivity index (χ1) is 6.72. The van der Waals surface area contributed by atoms with E-state index in [-0.39, 0.29) is 5.88 Å². The van der Waals surface area contributed by atoms with Gasteiger partial charge in [0.05, 0.1) is 12.4 Å². The monoisotopic (exact) mass is 203 g/mol. The van der Waals surface area contributed by atoms with Crippen molar-refractivity contribution in [1.82, 2.24) is 9.97 Å². The van der Waals surface area contributed by atoms with Crippen LogP contribution in [0.25, 0.3) is 0 Å². The van der Waals surface area contributed by atoms with E-state index in [4.69, 9.17) is 4.74 Å². The van der Waals surface area contributed by atoms with Gasteiger partial charge < -0.3 is 10.1 Å². The zero-order valence-corrected chi connectivity index (χ0v) is 7.70. The molecule has 14 heavy (non-hydrogen) atoms. The lowest BCUT2D eigenvalue weighted by atomic mass is 10.6. The Bertz CT molecular complexity index is 283. The smallest absolute Gasteiger partial charge is 0.272 e. The van der Waals surface area contributed by atoms with Crippen LogP contribution in [0.3, 0.4) is 0 Å². The molecule has 0 aliphatic carbocycles. The van der Waals surface area contributed by atoms with Crippen molar-refractivity contribution in [3.05, 3.63) is 12.4 Å². The van der Waals surface area contributed by atoms with Crippen LogP contribution in [0.15, 0.2) is 12.4 Å². The molecule has 4 nitrogen and oxygen atoms in total. The predicted molar refractivity (Wildman–Crippen MR) is 47.7 cm³/mol. The number of ether oxygens (including phenoxy) is 1. The summed E-state index contributed by atoms with van der Waals surface area (Å²) in [5.74, 6) is 0.614. The van der Waals surface area contributed by atoms with Gasteiger partial charge in [-0.05, 0) is 6.92 Å². The molecule has 0 bridgehead atoms. The molecule has 78 valence electrons. The summed E-state index contributed by atoms with van der Waals surface area (Å²) in [7, 11) is 0. The van der Waals surface area contributed by atoms with Gasteiger partial charge >= 0.3 is 0 Å². The van der Waals surface area contributed by atoms with Gasteiger partial charge in [0.15, 0.2) is 6.61 Å². The molecule has 0 unspecified atom stereocenters. The quantitative estimate of drug-likeness (QED) is 0.788. The highest BCUT2D eigenvalue weighted by Crippen LogP contribution is 2.09. The van der Waals surface area contributed by atoms with Crippen LogP contribution >= 0.6 is 0 Å². The summed E-state index contributed by atoms with van der Waals surface area (Å²) in [5.41, 5.74) is 0. The van der Waals surface area contributed by atoms with Crippen molar-refractivity contribution in [2.75, 3.05) is 18.5 Å². The number of hydrogen-bond acceptors (Lipinski definition) is 4. The Morgan fingerprint density at radius 2 is 2.29 bits per heavy atom. The molecule has 0 fully saturated rings. The third kappa shape index (κ3) is 3.51.